The lowest BCUT2D eigenvalue weighted by atomic mass is 9.99. The molecule has 108 valence electrons. The Labute approximate surface area is 123 Å². The van der Waals surface area contributed by atoms with Crippen molar-refractivity contribution < 1.29 is 14.7 Å². The molecule has 0 aliphatic rings. The van der Waals surface area contributed by atoms with Gasteiger partial charge >= 0.3 is 5.97 Å². The highest BCUT2D eigenvalue weighted by Gasteiger charge is 2.11. The number of nitrogens with zero attached hydrogens (tertiary/aromatic N) is 1. The summed E-state index contributed by atoms with van der Waals surface area (Å²) in [5.41, 5.74) is 4.22. The minimum absolute atomic E-state index is 0.383. The van der Waals surface area contributed by atoms with Gasteiger partial charge in [0.1, 0.15) is 6.42 Å². The van der Waals surface area contributed by atoms with Crippen molar-refractivity contribution in [1.82, 2.24) is 4.98 Å². The number of benzene rings is 1. The Morgan fingerprint density at radius 3 is 2.57 bits per heavy atom. The normalized spacial score (nSPS) is 10.4. The molecule has 4 heteroatoms. The molecule has 0 saturated heterocycles. The van der Waals surface area contributed by atoms with Gasteiger partial charge in [0.2, 0.25) is 0 Å². The van der Waals surface area contributed by atoms with Crippen molar-refractivity contribution in [1.29, 1.82) is 0 Å². The number of rotatable bonds is 5. The lowest BCUT2D eigenvalue weighted by Gasteiger charge is -2.07. The summed E-state index contributed by atoms with van der Waals surface area (Å²) in [4.78, 5) is 26.9. The molecular weight excluding hydrogens is 266 g/mol. The first-order valence-electron chi connectivity index (χ1n) is 6.82. The second-order valence-electron chi connectivity index (χ2n) is 4.92. The van der Waals surface area contributed by atoms with E-state index in [1.165, 1.54) is 0 Å². The molecule has 0 unspecified atom stereocenters. The Kier molecular flexibility index (Phi) is 4.48. The molecular formula is C17H17NO3. The third-order valence-electron chi connectivity index (χ3n) is 3.20. The van der Waals surface area contributed by atoms with E-state index in [1.54, 1.807) is 18.2 Å². The first-order valence-corrected chi connectivity index (χ1v) is 6.82. The minimum Gasteiger partial charge on any atom is -0.481 e. The van der Waals surface area contributed by atoms with E-state index < -0.39 is 12.4 Å². The van der Waals surface area contributed by atoms with Gasteiger partial charge < -0.3 is 5.11 Å². The number of aliphatic carboxylic acids is 1. The molecule has 0 spiro atoms. The zero-order chi connectivity index (χ0) is 15.4. The van der Waals surface area contributed by atoms with Crippen LogP contribution in [-0.4, -0.2) is 21.8 Å². The van der Waals surface area contributed by atoms with Crippen molar-refractivity contribution in [3.8, 4) is 11.1 Å². The van der Waals surface area contributed by atoms with Crippen LogP contribution in [0.3, 0.4) is 0 Å². The molecule has 0 aliphatic carbocycles. The topological polar surface area (TPSA) is 67.3 Å². The Morgan fingerprint density at radius 2 is 1.90 bits per heavy atom. The molecule has 1 aromatic heterocycles. The van der Waals surface area contributed by atoms with Gasteiger partial charge in [-0.2, -0.15) is 0 Å². The van der Waals surface area contributed by atoms with Crippen LogP contribution in [0.2, 0.25) is 0 Å². The molecule has 2 aromatic rings. The quantitative estimate of drug-likeness (QED) is 0.675. The molecule has 0 aliphatic heterocycles. The first-order chi connectivity index (χ1) is 9.99. The van der Waals surface area contributed by atoms with Crippen LogP contribution in [0.25, 0.3) is 11.1 Å². The molecule has 21 heavy (non-hydrogen) atoms. The average molecular weight is 283 g/mol. The maximum atomic E-state index is 11.8. The molecule has 1 heterocycles. The van der Waals surface area contributed by atoms with Crippen molar-refractivity contribution in [2.24, 2.45) is 0 Å². The van der Waals surface area contributed by atoms with E-state index in [-0.39, 0.29) is 5.78 Å². The Hall–Kier alpha value is -2.49. The monoisotopic (exact) mass is 283 g/mol. The molecule has 0 fully saturated rings. The van der Waals surface area contributed by atoms with Gasteiger partial charge in [-0.25, -0.2) is 0 Å². The van der Waals surface area contributed by atoms with Gasteiger partial charge in [0.25, 0.3) is 0 Å². The number of hydrogen-bond donors (Lipinski definition) is 1. The summed E-state index contributed by atoms with van der Waals surface area (Å²) in [6, 6.07) is 11.0. The van der Waals surface area contributed by atoms with Gasteiger partial charge in [-0.15, -0.1) is 0 Å². The predicted molar refractivity (Wildman–Crippen MR) is 80.4 cm³/mol. The third kappa shape index (κ3) is 3.75. The summed E-state index contributed by atoms with van der Waals surface area (Å²) < 4.78 is 0. The lowest BCUT2D eigenvalue weighted by molar-refractivity contribution is -0.135. The fraction of sp³-hybridized carbons (Fsp3) is 0.235. The zero-order valence-corrected chi connectivity index (χ0v) is 12.1. The smallest absolute Gasteiger partial charge is 0.311 e. The van der Waals surface area contributed by atoms with Gasteiger partial charge in [-0.3, -0.25) is 14.6 Å². The number of hydrogen-bond acceptors (Lipinski definition) is 3. The molecule has 0 bridgehead atoms. The number of ketones is 1. The highest BCUT2D eigenvalue weighted by atomic mass is 16.4. The van der Waals surface area contributed by atoms with Gasteiger partial charge in [-0.1, -0.05) is 25.1 Å². The number of carboxylic acids is 1. The summed E-state index contributed by atoms with van der Waals surface area (Å²) in [6.45, 7) is 3.97. The molecule has 1 aromatic carbocycles. The summed E-state index contributed by atoms with van der Waals surface area (Å²) in [5, 5.41) is 8.71. The van der Waals surface area contributed by atoms with E-state index in [4.69, 9.17) is 5.11 Å². The van der Waals surface area contributed by atoms with Crippen LogP contribution in [0.5, 0.6) is 0 Å². The van der Waals surface area contributed by atoms with Crippen molar-refractivity contribution >= 4 is 11.8 Å². The van der Waals surface area contributed by atoms with E-state index in [0.717, 1.165) is 28.9 Å². The largest absolute Gasteiger partial charge is 0.481 e. The van der Waals surface area contributed by atoms with Gasteiger partial charge in [0.15, 0.2) is 5.78 Å². The average Bonchev–Trinajstić information content (AvgIpc) is 2.46. The van der Waals surface area contributed by atoms with Crippen LogP contribution in [0.15, 0.2) is 36.4 Å². The van der Waals surface area contributed by atoms with Gasteiger partial charge in [-0.05, 0) is 42.7 Å². The van der Waals surface area contributed by atoms with E-state index in [0.29, 0.717) is 5.56 Å². The minimum atomic E-state index is -1.11. The van der Waals surface area contributed by atoms with Crippen LogP contribution >= 0.6 is 0 Å². The number of carboxylic acid groups (broad SMARTS) is 1. The Morgan fingerprint density at radius 1 is 1.14 bits per heavy atom. The van der Waals surface area contributed by atoms with Gasteiger partial charge in [0, 0.05) is 17.0 Å². The predicted octanol–water partition coefficient (Wildman–Crippen LogP) is 3.28. The molecule has 4 nitrogen and oxygen atoms in total. The van der Waals surface area contributed by atoms with Crippen LogP contribution in [-0.2, 0) is 11.2 Å². The highest BCUT2D eigenvalue weighted by molar-refractivity contribution is 6.06. The summed E-state index contributed by atoms with van der Waals surface area (Å²) >= 11 is 0. The van der Waals surface area contributed by atoms with E-state index in [2.05, 4.69) is 4.98 Å². The maximum absolute atomic E-state index is 11.8. The SMILES string of the molecule is CCc1cc(-c2cccc(C(=O)CC(=O)O)c2)cc(C)n1. The summed E-state index contributed by atoms with van der Waals surface area (Å²) in [7, 11) is 0. The van der Waals surface area contributed by atoms with E-state index >= 15 is 0 Å². The molecule has 0 saturated carbocycles. The zero-order valence-electron chi connectivity index (χ0n) is 12.1. The third-order valence-corrected chi connectivity index (χ3v) is 3.20. The maximum Gasteiger partial charge on any atom is 0.311 e. The Bertz CT molecular complexity index is 692. The standard InChI is InChI=1S/C17H17NO3/c1-3-15-9-14(7-11(2)18-15)12-5-4-6-13(8-12)16(19)10-17(20)21/h4-9H,3,10H2,1-2H3,(H,20,21). The van der Waals surface area contributed by atoms with Crippen molar-refractivity contribution in [3.63, 3.8) is 0 Å². The van der Waals surface area contributed by atoms with E-state index in [1.807, 2.05) is 32.0 Å². The summed E-state index contributed by atoms with van der Waals surface area (Å²) in [6.07, 6.45) is 0.353. The van der Waals surface area contributed by atoms with Crippen LogP contribution in [0.4, 0.5) is 0 Å². The van der Waals surface area contributed by atoms with Crippen LogP contribution in [0, 0.1) is 6.92 Å². The van der Waals surface area contributed by atoms with Crippen molar-refractivity contribution in [3.05, 3.63) is 53.3 Å². The fourth-order valence-electron chi connectivity index (χ4n) is 2.20. The molecule has 0 atom stereocenters. The number of aryl methyl sites for hydroxylation is 2. The number of carbonyl (C=O) groups excluding carboxylic acids is 1. The number of pyridine rings is 1. The number of Topliss-reactive ketones (excluding diaryl/α,β-unsaturated/α-hetero) is 1. The molecule has 1 N–H and O–H groups in total. The lowest BCUT2D eigenvalue weighted by Crippen LogP contribution is -2.06. The fourth-order valence-corrected chi connectivity index (χ4v) is 2.20. The highest BCUT2D eigenvalue weighted by Crippen LogP contribution is 2.23. The molecule has 0 radical (unpaired) electrons. The Balaban J connectivity index is 2.39. The molecule has 2 rings (SSSR count). The second-order valence-corrected chi connectivity index (χ2v) is 4.92. The first kappa shape index (κ1) is 14.9. The van der Waals surface area contributed by atoms with Crippen LogP contribution < -0.4 is 0 Å². The van der Waals surface area contributed by atoms with Crippen LogP contribution in [0.1, 0.15) is 35.1 Å². The second kappa shape index (κ2) is 6.31. The number of aromatic nitrogens is 1. The van der Waals surface area contributed by atoms with Crippen molar-refractivity contribution in [2.75, 3.05) is 0 Å². The number of carbonyl (C=O) groups is 2. The van der Waals surface area contributed by atoms with E-state index in [9.17, 15) is 9.59 Å². The summed E-state index contributed by atoms with van der Waals surface area (Å²) in [5.74, 6) is -1.50. The van der Waals surface area contributed by atoms with Gasteiger partial charge in [0.05, 0.1) is 0 Å². The van der Waals surface area contributed by atoms with Crippen molar-refractivity contribution in [2.45, 2.75) is 26.7 Å². The molecule has 0 amide bonds.